The van der Waals surface area contributed by atoms with Crippen LogP contribution in [0.2, 0.25) is 5.02 Å². The highest BCUT2D eigenvalue weighted by Crippen LogP contribution is 2.26. The van der Waals surface area contributed by atoms with Gasteiger partial charge in [0.2, 0.25) is 5.91 Å². The van der Waals surface area contributed by atoms with Crippen LogP contribution in [-0.4, -0.2) is 37.2 Å². The van der Waals surface area contributed by atoms with Crippen LogP contribution >= 0.6 is 23.4 Å². The van der Waals surface area contributed by atoms with Crippen LogP contribution in [-0.2, 0) is 4.79 Å². The standard InChI is InChI=1S/C16H19ClN2O2S/c1-19(2)13(14-7-5-9-21-14)10-18-16(20)11-22-15-8-4-3-6-12(15)17/h3-9,13H,10-11H2,1-2H3,(H,18,20). The number of hydrogen-bond acceptors (Lipinski definition) is 4. The molecule has 0 aliphatic rings. The number of furan rings is 1. The highest BCUT2D eigenvalue weighted by Gasteiger charge is 2.17. The molecule has 0 aliphatic heterocycles. The summed E-state index contributed by atoms with van der Waals surface area (Å²) in [6, 6.07) is 11.3. The number of nitrogens with one attached hydrogen (secondary N) is 1. The molecule has 0 aliphatic carbocycles. The summed E-state index contributed by atoms with van der Waals surface area (Å²) in [7, 11) is 3.91. The molecule has 2 rings (SSSR count). The van der Waals surface area contributed by atoms with Gasteiger partial charge in [-0.05, 0) is 38.4 Å². The van der Waals surface area contributed by atoms with Crippen LogP contribution in [0.3, 0.4) is 0 Å². The van der Waals surface area contributed by atoms with E-state index in [0.29, 0.717) is 17.3 Å². The molecule has 1 aromatic carbocycles. The van der Waals surface area contributed by atoms with Gasteiger partial charge in [0, 0.05) is 11.4 Å². The van der Waals surface area contributed by atoms with Gasteiger partial charge in [0.1, 0.15) is 5.76 Å². The maximum absolute atomic E-state index is 12.0. The van der Waals surface area contributed by atoms with E-state index in [1.165, 1.54) is 11.8 Å². The molecule has 22 heavy (non-hydrogen) atoms. The van der Waals surface area contributed by atoms with E-state index in [-0.39, 0.29) is 11.9 Å². The van der Waals surface area contributed by atoms with Gasteiger partial charge in [-0.2, -0.15) is 0 Å². The fourth-order valence-corrected chi connectivity index (χ4v) is 3.05. The molecule has 0 fully saturated rings. The summed E-state index contributed by atoms with van der Waals surface area (Å²) in [6.45, 7) is 0.502. The number of carbonyl (C=O) groups is 1. The van der Waals surface area contributed by atoms with Gasteiger partial charge in [0.15, 0.2) is 0 Å². The second kappa shape index (κ2) is 8.27. The average Bonchev–Trinajstić information content (AvgIpc) is 3.00. The van der Waals surface area contributed by atoms with Crippen LogP contribution in [0.15, 0.2) is 52.0 Å². The van der Waals surface area contributed by atoms with Crippen molar-refractivity contribution < 1.29 is 9.21 Å². The summed E-state index contributed by atoms with van der Waals surface area (Å²) in [5, 5.41) is 3.61. The maximum Gasteiger partial charge on any atom is 0.230 e. The molecule has 1 heterocycles. The van der Waals surface area contributed by atoms with E-state index in [1.54, 1.807) is 6.26 Å². The summed E-state index contributed by atoms with van der Waals surface area (Å²) >= 11 is 7.50. The summed E-state index contributed by atoms with van der Waals surface area (Å²) in [5.74, 6) is 1.15. The normalized spacial score (nSPS) is 12.4. The quantitative estimate of drug-likeness (QED) is 0.785. The predicted molar refractivity (Wildman–Crippen MR) is 90.3 cm³/mol. The van der Waals surface area contributed by atoms with Crippen LogP contribution in [0.4, 0.5) is 0 Å². The Bertz CT molecular complexity index is 602. The molecule has 0 saturated heterocycles. The third kappa shape index (κ3) is 4.80. The zero-order valence-electron chi connectivity index (χ0n) is 12.6. The van der Waals surface area contributed by atoms with E-state index >= 15 is 0 Å². The van der Waals surface area contributed by atoms with Gasteiger partial charge in [-0.1, -0.05) is 23.7 Å². The number of hydrogen-bond donors (Lipinski definition) is 1. The molecule has 1 N–H and O–H groups in total. The van der Waals surface area contributed by atoms with Crippen molar-refractivity contribution in [2.24, 2.45) is 0 Å². The molecule has 6 heteroatoms. The van der Waals surface area contributed by atoms with Gasteiger partial charge in [-0.15, -0.1) is 11.8 Å². The summed E-state index contributed by atoms with van der Waals surface area (Å²) in [4.78, 5) is 14.9. The SMILES string of the molecule is CN(C)C(CNC(=O)CSc1ccccc1Cl)c1ccco1. The van der Waals surface area contributed by atoms with Crippen molar-refractivity contribution in [1.29, 1.82) is 0 Å². The van der Waals surface area contributed by atoms with Crippen molar-refractivity contribution >= 4 is 29.3 Å². The Balaban J connectivity index is 1.83. The second-order valence-corrected chi connectivity index (χ2v) is 6.44. The topological polar surface area (TPSA) is 45.5 Å². The van der Waals surface area contributed by atoms with Crippen LogP contribution < -0.4 is 5.32 Å². The third-order valence-electron chi connectivity index (χ3n) is 3.18. The Kier molecular flexibility index (Phi) is 6.36. The van der Waals surface area contributed by atoms with Gasteiger partial charge >= 0.3 is 0 Å². The van der Waals surface area contributed by atoms with Gasteiger partial charge in [0.25, 0.3) is 0 Å². The Hall–Kier alpha value is -1.43. The molecule has 0 spiro atoms. The lowest BCUT2D eigenvalue weighted by Crippen LogP contribution is -2.35. The van der Waals surface area contributed by atoms with E-state index in [9.17, 15) is 4.79 Å². The third-order valence-corrected chi connectivity index (χ3v) is 4.70. The van der Waals surface area contributed by atoms with Crippen molar-refractivity contribution in [2.75, 3.05) is 26.4 Å². The Labute approximate surface area is 139 Å². The molecule has 2 aromatic rings. The zero-order chi connectivity index (χ0) is 15.9. The van der Waals surface area contributed by atoms with Crippen LogP contribution in [0.5, 0.6) is 0 Å². The first kappa shape index (κ1) is 16.9. The number of likely N-dealkylation sites (N-methyl/N-ethyl adjacent to an activating group) is 1. The second-order valence-electron chi connectivity index (χ2n) is 5.02. The first-order valence-corrected chi connectivity index (χ1v) is 8.28. The lowest BCUT2D eigenvalue weighted by Gasteiger charge is -2.22. The monoisotopic (exact) mass is 338 g/mol. The molecule has 118 valence electrons. The Morgan fingerprint density at radius 2 is 2.09 bits per heavy atom. The minimum absolute atomic E-state index is 0.0178. The Morgan fingerprint density at radius 1 is 1.32 bits per heavy atom. The molecule has 1 amide bonds. The van der Waals surface area contributed by atoms with E-state index in [4.69, 9.17) is 16.0 Å². The van der Waals surface area contributed by atoms with Crippen LogP contribution in [0, 0.1) is 0 Å². The van der Waals surface area contributed by atoms with Crippen molar-refractivity contribution in [3.05, 3.63) is 53.4 Å². The fourth-order valence-electron chi connectivity index (χ4n) is 1.99. The molecular formula is C16H19ClN2O2S. The number of amides is 1. The molecule has 1 atom stereocenters. The molecule has 1 aromatic heterocycles. The van der Waals surface area contributed by atoms with Crippen molar-refractivity contribution in [1.82, 2.24) is 10.2 Å². The number of rotatable bonds is 7. The molecule has 0 saturated carbocycles. The average molecular weight is 339 g/mol. The summed E-state index contributed by atoms with van der Waals surface area (Å²) in [6.07, 6.45) is 1.64. The summed E-state index contributed by atoms with van der Waals surface area (Å²) in [5.41, 5.74) is 0. The van der Waals surface area contributed by atoms with E-state index < -0.39 is 0 Å². The van der Waals surface area contributed by atoms with Crippen molar-refractivity contribution in [3.8, 4) is 0 Å². The minimum Gasteiger partial charge on any atom is -0.468 e. The highest BCUT2D eigenvalue weighted by molar-refractivity contribution is 8.00. The predicted octanol–water partition coefficient (Wildman–Crippen LogP) is 3.44. The largest absolute Gasteiger partial charge is 0.468 e. The summed E-state index contributed by atoms with van der Waals surface area (Å²) < 4.78 is 5.42. The van der Waals surface area contributed by atoms with Gasteiger partial charge in [-0.25, -0.2) is 0 Å². The van der Waals surface area contributed by atoms with Crippen molar-refractivity contribution in [3.63, 3.8) is 0 Å². The van der Waals surface area contributed by atoms with Crippen LogP contribution in [0.25, 0.3) is 0 Å². The zero-order valence-corrected chi connectivity index (χ0v) is 14.2. The van der Waals surface area contributed by atoms with E-state index in [2.05, 4.69) is 5.32 Å². The fraction of sp³-hybridized carbons (Fsp3) is 0.312. The molecule has 0 radical (unpaired) electrons. The number of thioether (sulfide) groups is 1. The first-order valence-electron chi connectivity index (χ1n) is 6.92. The molecule has 0 bridgehead atoms. The first-order chi connectivity index (χ1) is 10.6. The van der Waals surface area contributed by atoms with E-state index in [0.717, 1.165) is 10.7 Å². The number of nitrogens with zero attached hydrogens (tertiary/aromatic N) is 1. The number of benzene rings is 1. The smallest absolute Gasteiger partial charge is 0.230 e. The number of halogens is 1. The van der Waals surface area contributed by atoms with Gasteiger partial charge in [0.05, 0.1) is 23.1 Å². The lowest BCUT2D eigenvalue weighted by atomic mass is 10.2. The molecule has 4 nitrogen and oxygen atoms in total. The number of carbonyl (C=O) groups excluding carboxylic acids is 1. The lowest BCUT2D eigenvalue weighted by molar-refractivity contribution is -0.118. The van der Waals surface area contributed by atoms with Gasteiger partial charge < -0.3 is 9.73 Å². The minimum atomic E-state index is -0.0247. The molecular weight excluding hydrogens is 320 g/mol. The molecule has 1 unspecified atom stereocenters. The highest BCUT2D eigenvalue weighted by atomic mass is 35.5. The van der Waals surface area contributed by atoms with Crippen LogP contribution in [0.1, 0.15) is 11.8 Å². The van der Waals surface area contributed by atoms with Gasteiger partial charge in [-0.3, -0.25) is 9.69 Å². The van der Waals surface area contributed by atoms with E-state index in [1.807, 2.05) is 55.4 Å². The maximum atomic E-state index is 12.0. The Morgan fingerprint density at radius 3 is 2.73 bits per heavy atom. The van der Waals surface area contributed by atoms with Crippen molar-refractivity contribution in [2.45, 2.75) is 10.9 Å².